The largest absolute Gasteiger partial charge is 0.454 e. The average Bonchev–Trinajstić information content (AvgIpc) is 3.16. The Morgan fingerprint density at radius 2 is 2.04 bits per heavy atom. The van der Waals surface area contributed by atoms with Crippen molar-refractivity contribution in [1.82, 2.24) is 9.80 Å². The van der Waals surface area contributed by atoms with Gasteiger partial charge < -0.3 is 14.6 Å². The van der Waals surface area contributed by atoms with E-state index < -0.39 is 0 Å². The van der Waals surface area contributed by atoms with E-state index in [1.807, 2.05) is 12.1 Å². The number of aliphatic hydroxyl groups excluding tert-OH is 1. The van der Waals surface area contributed by atoms with Crippen LogP contribution in [0.1, 0.15) is 24.8 Å². The van der Waals surface area contributed by atoms with Crippen LogP contribution in [0.25, 0.3) is 0 Å². The Balaban J connectivity index is 1.54. The fraction of sp³-hybridized carbons (Fsp3) is 0.647. The van der Waals surface area contributed by atoms with Crippen molar-refractivity contribution in [2.75, 3.05) is 33.0 Å². The lowest BCUT2D eigenvalue weighted by Gasteiger charge is -2.43. The van der Waals surface area contributed by atoms with E-state index in [1.165, 1.54) is 19.4 Å². The lowest BCUT2D eigenvalue weighted by molar-refractivity contribution is 0.0333. The molecule has 3 aliphatic heterocycles. The quantitative estimate of drug-likeness (QED) is 0.911. The van der Waals surface area contributed by atoms with Gasteiger partial charge in [-0.05, 0) is 37.4 Å². The summed E-state index contributed by atoms with van der Waals surface area (Å²) in [5.74, 6) is 1.51. The Hall–Kier alpha value is -1.01. The first kappa shape index (κ1) is 15.5. The van der Waals surface area contributed by atoms with Crippen molar-refractivity contribution in [2.45, 2.75) is 37.9 Å². The fourth-order valence-electron chi connectivity index (χ4n) is 4.06. The van der Waals surface area contributed by atoms with E-state index in [9.17, 15) is 5.11 Å². The summed E-state index contributed by atoms with van der Waals surface area (Å²) in [6, 6.07) is 4.89. The molecule has 3 aliphatic rings. The number of aliphatic hydroxyl groups is 1. The Bertz CT molecular complexity index is 583. The van der Waals surface area contributed by atoms with Gasteiger partial charge in [0.25, 0.3) is 0 Å². The first-order valence-electron chi connectivity index (χ1n) is 8.41. The van der Waals surface area contributed by atoms with Gasteiger partial charge in [-0.15, -0.1) is 0 Å². The minimum Gasteiger partial charge on any atom is -0.454 e. The van der Waals surface area contributed by atoms with Crippen LogP contribution in [0.5, 0.6) is 11.5 Å². The SMILES string of the molecule is OCC[C@H]1CN2CCC[C@@H]2CN1Cc1cc2c(cc1Cl)OCO2. The van der Waals surface area contributed by atoms with Gasteiger partial charge in [-0.2, -0.15) is 0 Å². The molecule has 4 rings (SSSR count). The van der Waals surface area contributed by atoms with Crippen LogP contribution in [0.4, 0.5) is 0 Å². The summed E-state index contributed by atoms with van der Waals surface area (Å²) < 4.78 is 10.9. The summed E-state index contributed by atoms with van der Waals surface area (Å²) in [6.45, 7) is 4.59. The number of ether oxygens (including phenoxy) is 2. The monoisotopic (exact) mass is 338 g/mol. The minimum atomic E-state index is 0.231. The van der Waals surface area contributed by atoms with E-state index in [0.717, 1.165) is 48.1 Å². The molecular formula is C17H23ClN2O3. The van der Waals surface area contributed by atoms with Crippen LogP contribution >= 0.6 is 11.6 Å². The highest BCUT2D eigenvalue weighted by molar-refractivity contribution is 6.31. The molecule has 0 saturated carbocycles. The van der Waals surface area contributed by atoms with Crippen LogP contribution < -0.4 is 9.47 Å². The maximum Gasteiger partial charge on any atom is 0.231 e. The first-order chi connectivity index (χ1) is 11.2. The van der Waals surface area contributed by atoms with E-state index in [2.05, 4.69) is 9.80 Å². The van der Waals surface area contributed by atoms with Gasteiger partial charge in [0.05, 0.1) is 0 Å². The molecule has 0 bridgehead atoms. The molecule has 2 fully saturated rings. The van der Waals surface area contributed by atoms with Crippen molar-refractivity contribution >= 4 is 11.6 Å². The molecule has 0 amide bonds. The maximum absolute atomic E-state index is 9.42. The summed E-state index contributed by atoms with van der Waals surface area (Å²) >= 11 is 6.44. The number of benzene rings is 1. The van der Waals surface area contributed by atoms with E-state index >= 15 is 0 Å². The molecule has 3 heterocycles. The van der Waals surface area contributed by atoms with Gasteiger partial charge in [0.1, 0.15) is 0 Å². The zero-order valence-electron chi connectivity index (χ0n) is 13.2. The Labute approximate surface area is 141 Å². The number of piperazine rings is 1. The predicted octanol–water partition coefficient (Wildman–Crippen LogP) is 2.10. The third-order valence-corrected chi connectivity index (χ3v) is 5.64. The zero-order valence-corrected chi connectivity index (χ0v) is 14.0. The summed E-state index contributed by atoms with van der Waals surface area (Å²) in [7, 11) is 0. The van der Waals surface area contributed by atoms with Gasteiger partial charge in [0.2, 0.25) is 6.79 Å². The topological polar surface area (TPSA) is 45.2 Å². The van der Waals surface area contributed by atoms with Crippen molar-refractivity contribution in [2.24, 2.45) is 0 Å². The summed E-state index contributed by atoms with van der Waals surface area (Å²) in [5.41, 5.74) is 1.07. The lowest BCUT2D eigenvalue weighted by atomic mass is 10.0. The number of rotatable bonds is 4. The van der Waals surface area contributed by atoms with Crippen molar-refractivity contribution in [1.29, 1.82) is 0 Å². The summed E-state index contributed by atoms with van der Waals surface area (Å²) in [4.78, 5) is 5.06. The number of nitrogens with zero attached hydrogens (tertiary/aromatic N) is 2. The number of halogens is 1. The van der Waals surface area contributed by atoms with Gasteiger partial charge in [0, 0.05) is 49.4 Å². The molecule has 5 nitrogen and oxygen atoms in total. The average molecular weight is 339 g/mol. The molecule has 2 saturated heterocycles. The molecule has 0 aromatic heterocycles. The summed E-state index contributed by atoms with van der Waals surface area (Å²) in [6.07, 6.45) is 3.37. The van der Waals surface area contributed by atoms with Crippen LogP contribution in [0.3, 0.4) is 0 Å². The van der Waals surface area contributed by atoms with Crippen molar-refractivity contribution in [3.8, 4) is 11.5 Å². The molecule has 0 unspecified atom stereocenters. The second kappa shape index (κ2) is 6.48. The van der Waals surface area contributed by atoms with Crippen molar-refractivity contribution in [3.63, 3.8) is 0 Å². The van der Waals surface area contributed by atoms with Crippen LogP contribution in [0.15, 0.2) is 12.1 Å². The smallest absolute Gasteiger partial charge is 0.231 e. The maximum atomic E-state index is 9.42. The van der Waals surface area contributed by atoms with E-state index in [4.69, 9.17) is 21.1 Å². The van der Waals surface area contributed by atoms with Crippen LogP contribution in [-0.4, -0.2) is 60.0 Å². The standard InChI is InChI=1S/C17H23ClN2O3/c18-15-7-17-16(22-11-23-17)6-12(15)8-20-10-13-2-1-4-19(13)9-14(20)3-5-21/h6-7,13-14,21H,1-5,8-11H2/t13-,14+/m1/s1. The van der Waals surface area contributed by atoms with Crippen molar-refractivity contribution < 1.29 is 14.6 Å². The van der Waals surface area contributed by atoms with Gasteiger partial charge in [-0.1, -0.05) is 11.6 Å². The highest BCUT2D eigenvalue weighted by Crippen LogP contribution is 2.38. The van der Waals surface area contributed by atoms with E-state index in [1.54, 1.807) is 0 Å². The number of fused-ring (bicyclic) bond motifs is 2. The molecule has 1 aromatic carbocycles. The third kappa shape index (κ3) is 3.03. The normalized spacial score (nSPS) is 27.4. The predicted molar refractivity (Wildman–Crippen MR) is 88.1 cm³/mol. The minimum absolute atomic E-state index is 0.231. The Morgan fingerprint density at radius 3 is 2.87 bits per heavy atom. The number of hydrogen-bond donors (Lipinski definition) is 1. The highest BCUT2D eigenvalue weighted by atomic mass is 35.5. The van der Waals surface area contributed by atoms with Gasteiger partial charge in [0.15, 0.2) is 11.5 Å². The van der Waals surface area contributed by atoms with Crippen LogP contribution in [-0.2, 0) is 6.54 Å². The summed E-state index contributed by atoms with van der Waals surface area (Å²) in [5, 5.41) is 10.1. The molecule has 2 atom stereocenters. The van der Waals surface area contributed by atoms with Gasteiger partial charge >= 0.3 is 0 Å². The van der Waals surface area contributed by atoms with Gasteiger partial charge in [-0.25, -0.2) is 0 Å². The molecule has 6 heteroatoms. The first-order valence-corrected chi connectivity index (χ1v) is 8.79. The van der Waals surface area contributed by atoms with Crippen LogP contribution in [0, 0.1) is 0 Å². The third-order valence-electron chi connectivity index (χ3n) is 5.28. The van der Waals surface area contributed by atoms with Crippen LogP contribution in [0.2, 0.25) is 5.02 Å². The molecule has 23 heavy (non-hydrogen) atoms. The molecular weight excluding hydrogens is 316 g/mol. The second-order valence-corrected chi connectivity index (χ2v) is 7.09. The molecule has 0 spiro atoms. The van der Waals surface area contributed by atoms with Gasteiger partial charge in [-0.3, -0.25) is 9.80 Å². The lowest BCUT2D eigenvalue weighted by Crippen LogP contribution is -2.55. The second-order valence-electron chi connectivity index (χ2n) is 6.68. The van der Waals surface area contributed by atoms with E-state index in [-0.39, 0.29) is 13.4 Å². The van der Waals surface area contributed by atoms with E-state index in [0.29, 0.717) is 12.1 Å². The highest BCUT2D eigenvalue weighted by Gasteiger charge is 2.36. The number of hydrogen-bond acceptors (Lipinski definition) is 5. The Morgan fingerprint density at radius 1 is 1.22 bits per heavy atom. The molecule has 0 aliphatic carbocycles. The molecule has 0 radical (unpaired) electrons. The molecule has 1 N–H and O–H groups in total. The fourth-order valence-corrected chi connectivity index (χ4v) is 4.28. The van der Waals surface area contributed by atoms with Crippen molar-refractivity contribution in [3.05, 3.63) is 22.7 Å². The zero-order chi connectivity index (χ0) is 15.8. The Kier molecular flexibility index (Phi) is 4.37. The molecule has 126 valence electrons. The molecule has 1 aromatic rings.